The number of carbonyl (C=O) groups is 1. The summed E-state index contributed by atoms with van der Waals surface area (Å²) >= 11 is 0. The van der Waals surface area contributed by atoms with Crippen LogP contribution < -0.4 is 4.90 Å². The van der Waals surface area contributed by atoms with Crippen molar-refractivity contribution >= 4 is 17.8 Å². The number of pyridine rings is 1. The van der Waals surface area contributed by atoms with E-state index in [1.807, 2.05) is 35.4 Å². The van der Waals surface area contributed by atoms with Crippen LogP contribution in [0.15, 0.2) is 60.8 Å². The van der Waals surface area contributed by atoms with Gasteiger partial charge in [-0.25, -0.2) is 4.98 Å². The lowest BCUT2D eigenvalue weighted by molar-refractivity contribution is -0.131. The molecule has 4 rings (SSSR count). The maximum Gasteiger partial charge on any atom is 0.223 e. The highest BCUT2D eigenvalue weighted by atomic mass is 16.2. The Morgan fingerprint density at radius 1 is 0.839 bits per heavy atom. The van der Waals surface area contributed by atoms with Crippen molar-refractivity contribution in [2.24, 2.45) is 0 Å². The van der Waals surface area contributed by atoms with E-state index >= 15 is 0 Å². The smallest absolute Gasteiger partial charge is 0.223 e. The Balaban J connectivity index is 1.12. The summed E-state index contributed by atoms with van der Waals surface area (Å²) in [5, 5.41) is 0. The number of nitrogens with zero attached hydrogens (tertiary/aromatic N) is 5. The minimum Gasteiger partial charge on any atom is -0.353 e. The van der Waals surface area contributed by atoms with Gasteiger partial charge in [-0.1, -0.05) is 48.6 Å². The molecule has 0 radical (unpaired) electrons. The standard InChI is InChI=1S/C25H33N5O/c31-25(30-21-19-29(20-22-30)24-10-4-5-12-26-24)11-14-28-17-15-27(16-18-28)13-6-9-23-7-2-1-3-8-23/h1-10,12H,11,13-22H2/b9-6+. The number of benzene rings is 1. The van der Waals surface area contributed by atoms with E-state index < -0.39 is 0 Å². The van der Waals surface area contributed by atoms with Crippen LogP contribution in [0, 0.1) is 0 Å². The molecule has 0 saturated carbocycles. The third-order valence-electron chi connectivity index (χ3n) is 6.19. The summed E-state index contributed by atoms with van der Waals surface area (Å²) in [6, 6.07) is 16.4. The SMILES string of the molecule is O=C(CCN1CCN(C/C=C/c2ccccc2)CC1)N1CCN(c2ccccn2)CC1. The minimum absolute atomic E-state index is 0.286. The first-order valence-electron chi connectivity index (χ1n) is 11.4. The van der Waals surface area contributed by atoms with Gasteiger partial charge in [-0.3, -0.25) is 9.69 Å². The molecule has 3 heterocycles. The van der Waals surface area contributed by atoms with Crippen LogP contribution in [0.1, 0.15) is 12.0 Å². The van der Waals surface area contributed by atoms with Crippen molar-refractivity contribution in [2.45, 2.75) is 6.42 Å². The van der Waals surface area contributed by atoms with E-state index in [4.69, 9.17) is 0 Å². The molecule has 31 heavy (non-hydrogen) atoms. The van der Waals surface area contributed by atoms with Crippen LogP contribution >= 0.6 is 0 Å². The highest BCUT2D eigenvalue weighted by Gasteiger charge is 2.23. The maximum atomic E-state index is 12.7. The second-order valence-corrected chi connectivity index (χ2v) is 8.26. The van der Waals surface area contributed by atoms with Crippen molar-refractivity contribution in [1.29, 1.82) is 0 Å². The van der Waals surface area contributed by atoms with Crippen LogP contribution in [0.2, 0.25) is 0 Å². The van der Waals surface area contributed by atoms with E-state index in [0.717, 1.165) is 71.3 Å². The first-order chi connectivity index (χ1) is 15.3. The highest BCUT2D eigenvalue weighted by Crippen LogP contribution is 2.13. The Bertz CT molecular complexity index is 826. The van der Waals surface area contributed by atoms with Crippen LogP contribution in [0.4, 0.5) is 5.82 Å². The number of anilines is 1. The number of piperazine rings is 2. The third-order valence-corrected chi connectivity index (χ3v) is 6.19. The Labute approximate surface area is 185 Å². The van der Waals surface area contributed by atoms with Gasteiger partial charge in [-0.2, -0.15) is 0 Å². The quantitative estimate of drug-likeness (QED) is 0.690. The number of aromatic nitrogens is 1. The molecule has 0 spiro atoms. The molecule has 0 atom stereocenters. The molecule has 0 aliphatic carbocycles. The summed E-state index contributed by atoms with van der Waals surface area (Å²) in [5.74, 6) is 1.29. The van der Waals surface area contributed by atoms with Gasteiger partial charge in [0.15, 0.2) is 0 Å². The van der Waals surface area contributed by atoms with Crippen LogP contribution in [-0.4, -0.2) is 91.0 Å². The van der Waals surface area contributed by atoms with Crippen LogP contribution in [0.5, 0.6) is 0 Å². The molecule has 6 heteroatoms. The number of hydrogen-bond acceptors (Lipinski definition) is 5. The van der Waals surface area contributed by atoms with Gasteiger partial charge in [-0.15, -0.1) is 0 Å². The van der Waals surface area contributed by atoms with Crippen molar-refractivity contribution in [1.82, 2.24) is 19.7 Å². The van der Waals surface area contributed by atoms with E-state index in [1.165, 1.54) is 5.56 Å². The van der Waals surface area contributed by atoms with Crippen molar-refractivity contribution in [3.63, 3.8) is 0 Å². The molecule has 2 saturated heterocycles. The van der Waals surface area contributed by atoms with E-state index in [1.54, 1.807) is 0 Å². The number of hydrogen-bond donors (Lipinski definition) is 0. The summed E-state index contributed by atoms with van der Waals surface area (Å²) in [6.45, 7) is 9.37. The maximum absolute atomic E-state index is 12.7. The summed E-state index contributed by atoms with van der Waals surface area (Å²) in [6.07, 6.45) is 6.89. The summed E-state index contributed by atoms with van der Waals surface area (Å²) in [7, 11) is 0. The van der Waals surface area contributed by atoms with Crippen molar-refractivity contribution in [3.05, 3.63) is 66.4 Å². The van der Waals surface area contributed by atoms with E-state index in [9.17, 15) is 4.79 Å². The molecule has 2 aliphatic rings. The molecule has 1 aromatic heterocycles. The Hall–Kier alpha value is -2.70. The molecule has 1 aromatic carbocycles. The third kappa shape index (κ3) is 6.39. The number of carbonyl (C=O) groups excluding carboxylic acids is 1. The molecule has 6 nitrogen and oxygen atoms in total. The van der Waals surface area contributed by atoms with Crippen molar-refractivity contribution in [3.8, 4) is 0 Å². The predicted octanol–water partition coefficient (Wildman–Crippen LogP) is 2.45. The number of amides is 1. The summed E-state index contributed by atoms with van der Waals surface area (Å²) < 4.78 is 0. The minimum atomic E-state index is 0.286. The molecular weight excluding hydrogens is 386 g/mol. The summed E-state index contributed by atoms with van der Waals surface area (Å²) in [4.78, 5) is 26.3. The second kappa shape index (κ2) is 11.1. The van der Waals surface area contributed by atoms with E-state index in [-0.39, 0.29) is 5.91 Å². The second-order valence-electron chi connectivity index (χ2n) is 8.26. The first kappa shape index (κ1) is 21.5. The highest BCUT2D eigenvalue weighted by molar-refractivity contribution is 5.76. The zero-order valence-electron chi connectivity index (χ0n) is 18.3. The van der Waals surface area contributed by atoms with Gasteiger partial charge in [0.25, 0.3) is 0 Å². The largest absolute Gasteiger partial charge is 0.353 e. The number of rotatable bonds is 7. The molecule has 1 amide bonds. The van der Waals surface area contributed by atoms with E-state index in [0.29, 0.717) is 6.42 Å². The fourth-order valence-corrected chi connectivity index (χ4v) is 4.24. The van der Waals surface area contributed by atoms with Gasteiger partial charge in [0, 0.05) is 78.1 Å². The van der Waals surface area contributed by atoms with Gasteiger partial charge in [0.1, 0.15) is 5.82 Å². The molecule has 0 unspecified atom stereocenters. The lowest BCUT2D eigenvalue weighted by Gasteiger charge is -2.37. The van der Waals surface area contributed by atoms with Crippen LogP contribution in [0.25, 0.3) is 6.08 Å². The lowest BCUT2D eigenvalue weighted by Crippen LogP contribution is -2.50. The zero-order chi connectivity index (χ0) is 21.3. The monoisotopic (exact) mass is 419 g/mol. The molecule has 2 aliphatic heterocycles. The first-order valence-corrected chi connectivity index (χ1v) is 11.4. The molecule has 2 fully saturated rings. The molecule has 164 valence electrons. The average Bonchev–Trinajstić information content (AvgIpc) is 2.85. The fraction of sp³-hybridized carbons (Fsp3) is 0.440. The lowest BCUT2D eigenvalue weighted by atomic mass is 10.2. The van der Waals surface area contributed by atoms with Gasteiger partial charge < -0.3 is 14.7 Å². The predicted molar refractivity (Wildman–Crippen MR) is 126 cm³/mol. The fourth-order valence-electron chi connectivity index (χ4n) is 4.24. The van der Waals surface area contributed by atoms with Gasteiger partial charge in [0.05, 0.1) is 0 Å². The average molecular weight is 420 g/mol. The molecular formula is C25H33N5O. The van der Waals surface area contributed by atoms with Crippen LogP contribution in [0.3, 0.4) is 0 Å². The van der Waals surface area contributed by atoms with E-state index in [2.05, 4.69) is 56.1 Å². The van der Waals surface area contributed by atoms with Crippen molar-refractivity contribution < 1.29 is 4.79 Å². The Kier molecular flexibility index (Phi) is 7.69. The Morgan fingerprint density at radius 3 is 2.26 bits per heavy atom. The molecule has 0 N–H and O–H groups in total. The van der Waals surface area contributed by atoms with Gasteiger partial charge in [0.2, 0.25) is 5.91 Å². The Morgan fingerprint density at radius 2 is 1.55 bits per heavy atom. The zero-order valence-corrected chi connectivity index (χ0v) is 18.3. The van der Waals surface area contributed by atoms with Gasteiger partial charge in [-0.05, 0) is 17.7 Å². The topological polar surface area (TPSA) is 42.9 Å². The van der Waals surface area contributed by atoms with Crippen molar-refractivity contribution in [2.75, 3.05) is 70.3 Å². The summed E-state index contributed by atoms with van der Waals surface area (Å²) in [5.41, 5.74) is 1.25. The van der Waals surface area contributed by atoms with Crippen LogP contribution in [-0.2, 0) is 4.79 Å². The molecule has 0 bridgehead atoms. The van der Waals surface area contributed by atoms with Gasteiger partial charge >= 0.3 is 0 Å². The normalized spacial score (nSPS) is 18.6. The molecule has 2 aromatic rings.